The van der Waals surface area contributed by atoms with E-state index in [1.165, 1.54) is 11.3 Å². The molecule has 0 bridgehead atoms. The molecule has 0 spiro atoms. The molecule has 0 radical (unpaired) electrons. The number of nitrogens with zero attached hydrogens (tertiary/aromatic N) is 2. The van der Waals surface area contributed by atoms with E-state index in [-0.39, 0.29) is 0 Å². The summed E-state index contributed by atoms with van der Waals surface area (Å²) in [4.78, 5) is 25.7. The molecular weight excluding hydrogens is 410 g/mol. The molecule has 4 rings (SSSR count). The van der Waals surface area contributed by atoms with Crippen LogP contribution in [-0.2, 0) is 9.53 Å². The average Bonchev–Trinajstić information content (AvgIpc) is 3.28. The van der Waals surface area contributed by atoms with Crippen LogP contribution < -0.4 is 5.73 Å². The van der Waals surface area contributed by atoms with E-state index in [1.807, 2.05) is 25.1 Å². The average molecular weight is 426 g/mol. The van der Waals surface area contributed by atoms with Crippen molar-refractivity contribution in [1.29, 1.82) is 0 Å². The number of ether oxygens (including phenoxy) is 1. The zero-order valence-electron chi connectivity index (χ0n) is 15.3. The largest absolute Gasteiger partial charge is 0.443 e. The Bertz CT molecular complexity index is 1220. The quantitative estimate of drug-likeness (QED) is 0.479. The number of primary amides is 1. The number of amides is 1. The van der Waals surface area contributed by atoms with Crippen molar-refractivity contribution < 1.29 is 14.3 Å². The minimum atomic E-state index is -1.16. The molecule has 0 aliphatic carbocycles. The smallest absolute Gasteiger partial charge is 0.349 e. The molecule has 0 saturated carbocycles. The summed E-state index contributed by atoms with van der Waals surface area (Å²) in [6.07, 6.45) is -1.16. The topological polar surface area (TPSA) is 87.2 Å². The van der Waals surface area contributed by atoms with Gasteiger partial charge in [-0.1, -0.05) is 54.1 Å². The van der Waals surface area contributed by atoms with Gasteiger partial charge in [0.2, 0.25) is 6.10 Å². The van der Waals surface area contributed by atoms with Gasteiger partial charge in [-0.3, -0.25) is 4.79 Å². The molecule has 0 aliphatic heterocycles. The van der Waals surface area contributed by atoms with Crippen LogP contribution in [0.1, 0.15) is 27.0 Å². The van der Waals surface area contributed by atoms with E-state index in [2.05, 4.69) is 5.10 Å². The Morgan fingerprint density at radius 2 is 1.83 bits per heavy atom. The summed E-state index contributed by atoms with van der Waals surface area (Å²) in [6, 6.07) is 17.7. The third-order valence-electron chi connectivity index (χ3n) is 4.41. The van der Waals surface area contributed by atoms with Crippen molar-refractivity contribution in [3.05, 3.63) is 81.8 Å². The maximum absolute atomic E-state index is 12.8. The SMILES string of the molecule is Cc1nn(-c2ccccc2Cl)c2sc(C(=O)OC(C(N)=O)c3ccccc3)cc12. The fourth-order valence-electron chi connectivity index (χ4n) is 3.02. The van der Waals surface area contributed by atoms with Gasteiger partial charge >= 0.3 is 5.97 Å². The number of thiophene rings is 1. The number of hydrogen-bond donors (Lipinski definition) is 1. The lowest BCUT2D eigenvalue weighted by Gasteiger charge is -2.14. The number of carbonyl (C=O) groups excluding carboxylic acids is 2. The zero-order valence-corrected chi connectivity index (χ0v) is 16.9. The molecule has 2 N–H and O–H groups in total. The number of benzene rings is 2. The van der Waals surface area contributed by atoms with Crippen LogP contribution >= 0.6 is 22.9 Å². The fraction of sp³-hybridized carbons (Fsp3) is 0.0952. The van der Waals surface area contributed by atoms with Gasteiger partial charge in [0.15, 0.2) is 0 Å². The number of fused-ring (bicyclic) bond motifs is 1. The summed E-state index contributed by atoms with van der Waals surface area (Å²) in [7, 11) is 0. The third kappa shape index (κ3) is 3.62. The van der Waals surface area contributed by atoms with Gasteiger partial charge in [-0.25, -0.2) is 9.48 Å². The maximum Gasteiger partial charge on any atom is 0.349 e. The predicted octanol–water partition coefficient (Wildman–Crippen LogP) is 4.43. The molecule has 146 valence electrons. The molecule has 1 unspecified atom stereocenters. The molecule has 0 aliphatic rings. The Labute approximate surface area is 175 Å². The molecule has 2 aromatic heterocycles. The number of halogens is 1. The lowest BCUT2D eigenvalue weighted by atomic mass is 10.1. The van der Waals surface area contributed by atoms with Crippen LogP contribution in [-0.4, -0.2) is 21.7 Å². The van der Waals surface area contributed by atoms with Gasteiger partial charge < -0.3 is 10.5 Å². The van der Waals surface area contributed by atoms with E-state index in [0.29, 0.717) is 21.2 Å². The van der Waals surface area contributed by atoms with Crippen molar-refractivity contribution in [1.82, 2.24) is 9.78 Å². The van der Waals surface area contributed by atoms with Gasteiger partial charge in [-0.15, -0.1) is 11.3 Å². The van der Waals surface area contributed by atoms with E-state index in [9.17, 15) is 9.59 Å². The van der Waals surface area contributed by atoms with Crippen molar-refractivity contribution >= 4 is 45.0 Å². The molecular formula is C21H16ClN3O3S. The van der Waals surface area contributed by atoms with Crippen LogP contribution in [0.4, 0.5) is 0 Å². The van der Waals surface area contributed by atoms with Crippen LogP contribution in [0.25, 0.3) is 15.9 Å². The Balaban J connectivity index is 1.70. The standard InChI is InChI=1S/C21H16ClN3O3S/c1-12-14-11-17(21(27)28-18(19(23)26)13-7-3-2-4-8-13)29-20(14)25(24-12)16-10-6-5-9-15(16)22/h2-11,18H,1H3,(H2,23,26). The summed E-state index contributed by atoms with van der Waals surface area (Å²) < 4.78 is 7.14. The van der Waals surface area contributed by atoms with Crippen LogP contribution in [0.5, 0.6) is 0 Å². The van der Waals surface area contributed by atoms with Crippen molar-refractivity contribution in [3.63, 3.8) is 0 Å². The maximum atomic E-state index is 12.8. The number of aromatic nitrogens is 2. The molecule has 29 heavy (non-hydrogen) atoms. The van der Waals surface area contributed by atoms with Gasteiger partial charge in [0.25, 0.3) is 5.91 Å². The first-order chi connectivity index (χ1) is 14.0. The van der Waals surface area contributed by atoms with E-state index >= 15 is 0 Å². The minimum absolute atomic E-state index is 0.350. The highest BCUT2D eigenvalue weighted by molar-refractivity contribution is 7.20. The highest BCUT2D eigenvalue weighted by Gasteiger charge is 2.25. The first kappa shape index (κ1) is 19.2. The van der Waals surface area contributed by atoms with Crippen molar-refractivity contribution in [2.45, 2.75) is 13.0 Å². The van der Waals surface area contributed by atoms with Crippen molar-refractivity contribution in [2.24, 2.45) is 5.73 Å². The van der Waals surface area contributed by atoms with E-state index < -0.39 is 18.0 Å². The zero-order chi connectivity index (χ0) is 20.5. The summed E-state index contributed by atoms with van der Waals surface area (Å²) in [5.41, 5.74) is 7.44. The second-order valence-corrected chi connectivity index (χ2v) is 7.81. The number of rotatable bonds is 5. The van der Waals surface area contributed by atoms with E-state index in [0.717, 1.165) is 15.9 Å². The lowest BCUT2D eigenvalue weighted by Crippen LogP contribution is -2.26. The summed E-state index contributed by atoms with van der Waals surface area (Å²) in [5.74, 6) is -1.35. The van der Waals surface area contributed by atoms with Crippen molar-refractivity contribution in [2.75, 3.05) is 0 Å². The lowest BCUT2D eigenvalue weighted by molar-refractivity contribution is -0.127. The van der Waals surface area contributed by atoms with Gasteiger partial charge in [0.05, 0.1) is 16.4 Å². The molecule has 0 saturated heterocycles. The second-order valence-electron chi connectivity index (χ2n) is 6.38. The van der Waals surface area contributed by atoms with Gasteiger partial charge in [-0.05, 0) is 25.1 Å². The van der Waals surface area contributed by atoms with Crippen LogP contribution in [0.2, 0.25) is 5.02 Å². The van der Waals surface area contributed by atoms with Gasteiger partial charge in [0.1, 0.15) is 9.71 Å². The number of hydrogen-bond acceptors (Lipinski definition) is 5. The second kappa shape index (κ2) is 7.69. The molecule has 8 heteroatoms. The van der Waals surface area contributed by atoms with Gasteiger partial charge in [-0.2, -0.15) is 5.10 Å². The molecule has 0 fully saturated rings. The number of esters is 1. The first-order valence-electron chi connectivity index (χ1n) is 8.75. The number of para-hydroxylation sites is 1. The van der Waals surface area contributed by atoms with E-state index in [1.54, 1.807) is 47.1 Å². The number of nitrogens with two attached hydrogens (primary N) is 1. The van der Waals surface area contributed by atoms with Crippen LogP contribution in [0, 0.1) is 6.92 Å². The monoisotopic (exact) mass is 425 g/mol. The van der Waals surface area contributed by atoms with Crippen LogP contribution in [0.15, 0.2) is 60.7 Å². The third-order valence-corrected chi connectivity index (χ3v) is 5.82. The Hall–Kier alpha value is -3.16. The predicted molar refractivity (Wildman–Crippen MR) is 112 cm³/mol. The highest BCUT2D eigenvalue weighted by atomic mass is 35.5. The molecule has 1 atom stereocenters. The van der Waals surface area contributed by atoms with Crippen LogP contribution in [0.3, 0.4) is 0 Å². The molecule has 2 aromatic carbocycles. The van der Waals surface area contributed by atoms with E-state index in [4.69, 9.17) is 22.1 Å². The molecule has 4 aromatic rings. The molecule has 6 nitrogen and oxygen atoms in total. The Morgan fingerprint density at radius 3 is 2.52 bits per heavy atom. The Kier molecular flexibility index (Phi) is 5.08. The molecule has 2 heterocycles. The Morgan fingerprint density at radius 1 is 1.14 bits per heavy atom. The first-order valence-corrected chi connectivity index (χ1v) is 9.94. The number of aryl methyl sites for hydroxylation is 1. The fourth-order valence-corrected chi connectivity index (χ4v) is 4.29. The summed E-state index contributed by atoms with van der Waals surface area (Å²) >= 11 is 7.53. The number of carbonyl (C=O) groups is 2. The summed E-state index contributed by atoms with van der Waals surface area (Å²) in [5, 5.41) is 5.90. The van der Waals surface area contributed by atoms with Gasteiger partial charge in [0, 0.05) is 10.9 Å². The normalized spacial score (nSPS) is 12.1. The minimum Gasteiger partial charge on any atom is -0.443 e. The highest BCUT2D eigenvalue weighted by Crippen LogP contribution is 2.33. The van der Waals surface area contributed by atoms with Crippen molar-refractivity contribution in [3.8, 4) is 5.69 Å². The summed E-state index contributed by atoms with van der Waals surface area (Å²) in [6.45, 7) is 1.85. The molecule has 1 amide bonds.